The van der Waals surface area contributed by atoms with Crippen LogP contribution in [0.25, 0.3) is 5.95 Å². The number of benzene rings is 1. The molecule has 140 valence electrons. The molecule has 0 saturated heterocycles. The highest BCUT2D eigenvalue weighted by atomic mass is 19.4. The van der Waals surface area contributed by atoms with Gasteiger partial charge in [-0.05, 0) is 50.6 Å². The van der Waals surface area contributed by atoms with E-state index < -0.39 is 17.6 Å². The predicted octanol–water partition coefficient (Wildman–Crippen LogP) is 3.86. The van der Waals surface area contributed by atoms with E-state index in [1.807, 2.05) is 20.8 Å². The van der Waals surface area contributed by atoms with Gasteiger partial charge in [0.05, 0.1) is 29.3 Å². The van der Waals surface area contributed by atoms with E-state index in [1.54, 1.807) is 4.68 Å². The number of carbonyl (C=O) groups excluding carboxylic acids is 1. The standard InChI is InChI=1S/C18H16F3N5O/c1-10-11(2)25-26(12(10)3)17-22-8-15(9-23-17)24-16(27)13-4-6-14(7-5-13)18(19,20)21/h4-9H,1-3H3,(H,24,27). The molecule has 3 aromatic rings. The van der Waals surface area contributed by atoms with Gasteiger partial charge >= 0.3 is 6.18 Å². The number of anilines is 1. The molecule has 0 spiro atoms. The molecule has 1 amide bonds. The normalized spacial score (nSPS) is 11.5. The highest BCUT2D eigenvalue weighted by Crippen LogP contribution is 2.29. The summed E-state index contributed by atoms with van der Waals surface area (Å²) in [5, 5.41) is 6.91. The maximum atomic E-state index is 12.6. The van der Waals surface area contributed by atoms with Crippen LogP contribution in [0.15, 0.2) is 36.7 Å². The van der Waals surface area contributed by atoms with Gasteiger partial charge in [0.25, 0.3) is 11.9 Å². The minimum atomic E-state index is -4.44. The fourth-order valence-electron chi connectivity index (χ4n) is 2.42. The summed E-state index contributed by atoms with van der Waals surface area (Å²) in [4.78, 5) is 20.5. The number of nitrogens with zero attached hydrogens (tertiary/aromatic N) is 4. The molecule has 0 radical (unpaired) electrons. The SMILES string of the molecule is Cc1nn(-c2ncc(NC(=O)c3ccc(C(F)(F)F)cc3)cn2)c(C)c1C. The molecule has 0 bridgehead atoms. The number of rotatable bonds is 3. The Morgan fingerprint density at radius 2 is 1.63 bits per heavy atom. The molecule has 0 unspecified atom stereocenters. The summed E-state index contributed by atoms with van der Waals surface area (Å²) in [7, 11) is 0. The molecule has 0 aliphatic rings. The third-order valence-corrected chi connectivity index (χ3v) is 4.21. The quantitative estimate of drug-likeness (QED) is 0.755. The van der Waals surface area contributed by atoms with Crippen molar-refractivity contribution in [1.82, 2.24) is 19.7 Å². The van der Waals surface area contributed by atoms with Gasteiger partial charge < -0.3 is 5.32 Å². The lowest BCUT2D eigenvalue weighted by molar-refractivity contribution is -0.137. The van der Waals surface area contributed by atoms with Gasteiger partial charge in [-0.15, -0.1) is 0 Å². The minimum Gasteiger partial charge on any atom is -0.319 e. The van der Waals surface area contributed by atoms with Gasteiger partial charge in [-0.2, -0.15) is 18.3 Å². The van der Waals surface area contributed by atoms with Crippen molar-refractivity contribution in [2.75, 3.05) is 5.32 Å². The monoisotopic (exact) mass is 375 g/mol. The number of amides is 1. The Morgan fingerprint density at radius 1 is 1.04 bits per heavy atom. The van der Waals surface area contributed by atoms with Crippen molar-refractivity contribution >= 4 is 11.6 Å². The maximum absolute atomic E-state index is 12.6. The highest BCUT2D eigenvalue weighted by Gasteiger charge is 2.30. The second-order valence-corrected chi connectivity index (χ2v) is 6.01. The highest BCUT2D eigenvalue weighted by molar-refractivity contribution is 6.04. The van der Waals surface area contributed by atoms with Gasteiger partial charge in [0.2, 0.25) is 0 Å². The van der Waals surface area contributed by atoms with E-state index in [-0.39, 0.29) is 5.56 Å². The lowest BCUT2D eigenvalue weighted by Crippen LogP contribution is -2.14. The zero-order chi connectivity index (χ0) is 19.8. The summed E-state index contributed by atoms with van der Waals surface area (Å²) >= 11 is 0. The van der Waals surface area contributed by atoms with Crippen molar-refractivity contribution in [2.45, 2.75) is 26.9 Å². The Kier molecular flexibility index (Phi) is 4.69. The Balaban J connectivity index is 1.74. The summed E-state index contributed by atoms with van der Waals surface area (Å²) in [6, 6.07) is 3.96. The van der Waals surface area contributed by atoms with Crippen molar-refractivity contribution in [3.05, 3.63) is 64.7 Å². The number of halogens is 3. The second-order valence-electron chi connectivity index (χ2n) is 6.01. The molecule has 3 rings (SSSR count). The molecule has 0 saturated carbocycles. The molecular formula is C18H16F3N5O. The summed E-state index contributed by atoms with van der Waals surface area (Å²) in [5.41, 5.74) is 2.43. The van der Waals surface area contributed by atoms with Gasteiger partial charge in [0.1, 0.15) is 0 Å². The third kappa shape index (κ3) is 3.81. The molecule has 9 heteroatoms. The smallest absolute Gasteiger partial charge is 0.319 e. The number of hydrogen-bond donors (Lipinski definition) is 1. The topological polar surface area (TPSA) is 72.7 Å². The van der Waals surface area contributed by atoms with E-state index in [1.165, 1.54) is 12.4 Å². The van der Waals surface area contributed by atoms with Crippen LogP contribution in [0.4, 0.5) is 18.9 Å². The first-order chi connectivity index (χ1) is 12.7. The Labute approximate surface area is 153 Å². The first-order valence-electron chi connectivity index (χ1n) is 8.00. The van der Waals surface area contributed by atoms with Crippen molar-refractivity contribution in [2.24, 2.45) is 0 Å². The van der Waals surface area contributed by atoms with Gasteiger partial charge in [0, 0.05) is 11.3 Å². The molecule has 0 aliphatic heterocycles. The van der Waals surface area contributed by atoms with Crippen molar-refractivity contribution in [3.63, 3.8) is 0 Å². The first kappa shape index (κ1) is 18.6. The fraction of sp³-hybridized carbons (Fsp3) is 0.222. The molecule has 1 aromatic carbocycles. The van der Waals surface area contributed by atoms with Crippen molar-refractivity contribution < 1.29 is 18.0 Å². The van der Waals surface area contributed by atoms with Gasteiger partial charge in [-0.1, -0.05) is 0 Å². The van der Waals surface area contributed by atoms with Crippen LogP contribution in [-0.4, -0.2) is 25.7 Å². The molecule has 27 heavy (non-hydrogen) atoms. The molecule has 0 atom stereocenters. The Morgan fingerprint density at radius 3 is 2.11 bits per heavy atom. The van der Waals surface area contributed by atoms with Gasteiger partial charge in [-0.3, -0.25) is 4.79 Å². The van der Waals surface area contributed by atoms with Crippen LogP contribution in [0.5, 0.6) is 0 Å². The van der Waals surface area contributed by atoms with E-state index in [2.05, 4.69) is 20.4 Å². The van der Waals surface area contributed by atoms with E-state index in [0.29, 0.717) is 11.6 Å². The van der Waals surface area contributed by atoms with Gasteiger partial charge in [-0.25, -0.2) is 14.6 Å². The molecule has 0 fully saturated rings. The van der Waals surface area contributed by atoms with E-state index >= 15 is 0 Å². The van der Waals surface area contributed by atoms with Crippen LogP contribution < -0.4 is 5.32 Å². The number of alkyl halides is 3. The number of aromatic nitrogens is 4. The molecule has 6 nitrogen and oxygen atoms in total. The van der Waals surface area contributed by atoms with Crippen LogP contribution in [-0.2, 0) is 6.18 Å². The average Bonchev–Trinajstić information content (AvgIpc) is 2.89. The Bertz CT molecular complexity index is 976. The van der Waals surface area contributed by atoms with E-state index in [4.69, 9.17) is 0 Å². The zero-order valence-electron chi connectivity index (χ0n) is 14.8. The maximum Gasteiger partial charge on any atom is 0.416 e. The largest absolute Gasteiger partial charge is 0.416 e. The van der Waals surface area contributed by atoms with Crippen LogP contribution in [0.3, 0.4) is 0 Å². The first-order valence-corrected chi connectivity index (χ1v) is 8.00. The van der Waals surface area contributed by atoms with Crippen molar-refractivity contribution in [1.29, 1.82) is 0 Å². The lowest BCUT2D eigenvalue weighted by Gasteiger charge is -2.08. The molecule has 2 aromatic heterocycles. The number of nitrogens with one attached hydrogen (secondary N) is 1. The van der Waals surface area contributed by atoms with Crippen molar-refractivity contribution in [3.8, 4) is 5.95 Å². The van der Waals surface area contributed by atoms with Gasteiger partial charge in [0.15, 0.2) is 0 Å². The van der Waals surface area contributed by atoms with E-state index in [9.17, 15) is 18.0 Å². The molecule has 0 aliphatic carbocycles. The minimum absolute atomic E-state index is 0.0984. The van der Waals surface area contributed by atoms with Crippen LogP contribution in [0.1, 0.15) is 32.9 Å². The Hall–Kier alpha value is -3.23. The molecular weight excluding hydrogens is 359 g/mol. The zero-order valence-corrected chi connectivity index (χ0v) is 14.8. The van der Waals surface area contributed by atoms with Crippen LogP contribution in [0.2, 0.25) is 0 Å². The fourth-order valence-corrected chi connectivity index (χ4v) is 2.42. The number of carbonyl (C=O) groups is 1. The average molecular weight is 375 g/mol. The second kappa shape index (κ2) is 6.82. The van der Waals surface area contributed by atoms with Crippen LogP contribution in [0, 0.1) is 20.8 Å². The molecule has 2 heterocycles. The van der Waals surface area contributed by atoms with E-state index in [0.717, 1.165) is 41.2 Å². The number of aryl methyl sites for hydroxylation is 1. The number of hydrogen-bond acceptors (Lipinski definition) is 4. The summed E-state index contributed by atoms with van der Waals surface area (Å²) in [5.74, 6) is -0.196. The lowest BCUT2D eigenvalue weighted by atomic mass is 10.1. The summed E-state index contributed by atoms with van der Waals surface area (Å²) < 4.78 is 39.3. The third-order valence-electron chi connectivity index (χ3n) is 4.21. The predicted molar refractivity (Wildman–Crippen MR) is 92.8 cm³/mol. The summed E-state index contributed by atoms with van der Waals surface area (Å²) in [6.07, 6.45) is -1.62. The summed E-state index contributed by atoms with van der Waals surface area (Å²) in [6.45, 7) is 5.74. The van der Waals surface area contributed by atoms with Crippen LogP contribution >= 0.6 is 0 Å². The molecule has 1 N–H and O–H groups in total.